The van der Waals surface area contributed by atoms with Crippen LogP contribution in [-0.2, 0) is 6.61 Å². The van der Waals surface area contributed by atoms with Gasteiger partial charge < -0.3 is 10.1 Å². The lowest BCUT2D eigenvalue weighted by Crippen LogP contribution is -1.94. The molecule has 0 unspecified atom stereocenters. The normalized spacial score (nSPS) is 11.5. The van der Waals surface area contributed by atoms with Crippen LogP contribution in [0.15, 0.2) is 85.5 Å². The molecule has 5 nitrogen and oxygen atoms in total. The lowest BCUT2D eigenvalue weighted by Gasteiger charge is -2.08. The predicted molar refractivity (Wildman–Crippen MR) is 125 cm³/mol. The molecule has 6 rings (SSSR count). The van der Waals surface area contributed by atoms with Crippen LogP contribution in [0.3, 0.4) is 0 Å². The molecule has 0 saturated carbocycles. The van der Waals surface area contributed by atoms with E-state index in [1.165, 1.54) is 5.39 Å². The number of H-pyrrole nitrogens is 1. The Bertz CT molecular complexity index is 1520. The number of nitrogens with zero attached hydrogens (tertiary/aromatic N) is 3. The van der Waals surface area contributed by atoms with Crippen molar-refractivity contribution in [1.82, 2.24) is 19.5 Å². The minimum absolute atomic E-state index is 0.0432. The van der Waals surface area contributed by atoms with E-state index in [1.54, 1.807) is 11.3 Å². The standard InChI is InChI=1S/C25H18N4OS/c30-14-16-5-10-22-24(11-16)31-25(28-22)17-6-8-18(9-7-17)29-15-26-13-23(29)20-12-27-21-4-2-1-3-19(20)21/h1-13,15,27,30H,14H2. The molecule has 3 aromatic heterocycles. The summed E-state index contributed by atoms with van der Waals surface area (Å²) in [5.41, 5.74) is 7.26. The smallest absolute Gasteiger partial charge is 0.124 e. The largest absolute Gasteiger partial charge is 0.392 e. The summed E-state index contributed by atoms with van der Waals surface area (Å²) in [5.74, 6) is 0. The van der Waals surface area contributed by atoms with Gasteiger partial charge in [-0.15, -0.1) is 11.3 Å². The monoisotopic (exact) mass is 422 g/mol. The molecule has 0 saturated heterocycles. The van der Waals surface area contributed by atoms with Crippen LogP contribution >= 0.6 is 11.3 Å². The molecule has 6 aromatic rings. The molecule has 2 N–H and O–H groups in total. The molecular formula is C25H18N4OS. The first-order valence-electron chi connectivity index (χ1n) is 10.00. The van der Waals surface area contributed by atoms with Crippen molar-refractivity contribution in [2.24, 2.45) is 0 Å². The Balaban J connectivity index is 1.37. The molecule has 6 heteroatoms. The van der Waals surface area contributed by atoms with Crippen LogP contribution in [-0.4, -0.2) is 24.6 Å². The topological polar surface area (TPSA) is 66.7 Å². The molecule has 0 fully saturated rings. The zero-order valence-electron chi connectivity index (χ0n) is 16.5. The minimum Gasteiger partial charge on any atom is -0.392 e. The molecular weight excluding hydrogens is 404 g/mol. The number of rotatable bonds is 4. The maximum atomic E-state index is 9.37. The van der Waals surface area contributed by atoms with Gasteiger partial charge in [0.05, 0.1) is 35.0 Å². The summed E-state index contributed by atoms with van der Waals surface area (Å²) in [6, 6.07) is 22.6. The van der Waals surface area contributed by atoms with E-state index in [4.69, 9.17) is 4.98 Å². The van der Waals surface area contributed by atoms with E-state index in [-0.39, 0.29) is 6.61 Å². The number of aliphatic hydroxyl groups is 1. The number of nitrogens with one attached hydrogen (secondary N) is 1. The third-order valence-corrected chi connectivity index (χ3v) is 6.60. The van der Waals surface area contributed by atoms with E-state index in [0.717, 1.165) is 48.8 Å². The number of aromatic nitrogens is 4. The van der Waals surface area contributed by atoms with Crippen molar-refractivity contribution in [3.63, 3.8) is 0 Å². The lowest BCUT2D eigenvalue weighted by molar-refractivity contribution is 0.282. The zero-order chi connectivity index (χ0) is 20.8. The van der Waals surface area contributed by atoms with E-state index >= 15 is 0 Å². The summed E-state index contributed by atoms with van der Waals surface area (Å²) in [5, 5.41) is 11.5. The second kappa shape index (κ2) is 7.19. The summed E-state index contributed by atoms with van der Waals surface area (Å²) in [6.45, 7) is 0.0432. The van der Waals surface area contributed by atoms with Gasteiger partial charge in [-0.2, -0.15) is 0 Å². The highest BCUT2D eigenvalue weighted by atomic mass is 32.1. The Morgan fingerprint density at radius 2 is 1.87 bits per heavy atom. The number of hydrogen-bond acceptors (Lipinski definition) is 4. The highest BCUT2D eigenvalue weighted by Gasteiger charge is 2.13. The molecule has 0 aliphatic heterocycles. The summed E-state index contributed by atoms with van der Waals surface area (Å²) in [6.07, 6.45) is 5.78. The number of fused-ring (bicyclic) bond motifs is 2. The van der Waals surface area contributed by atoms with Gasteiger partial charge in [0.25, 0.3) is 0 Å². The van der Waals surface area contributed by atoms with Gasteiger partial charge in [-0.05, 0) is 48.0 Å². The van der Waals surface area contributed by atoms with E-state index < -0.39 is 0 Å². The number of para-hydroxylation sites is 1. The molecule has 31 heavy (non-hydrogen) atoms. The third-order valence-electron chi connectivity index (χ3n) is 5.53. The average Bonchev–Trinajstić information content (AvgIpc) is 3.55. The first kappa shape index (κ1) is 18.1. The Kier molecular flexibility index (Phi) is 4.19. The molecule has 3 aromatic carbocycles. The van der Waals surface area contributed by atoms with Gasteiger partial charge in [-0.1, -0.05) is 24.3 Å². The molecule has 0 radical (unpaired) electrons. The minimum atomic E-state index is 0.0432. The molecule has 0 aliphatic rings. The maximum Gasteiger partial charge on any atom is 0.124 e. The second-order valence-corrected chi connectivity index (χ2v) is 8.45. The second-order valence-electron chi connectivity index (χ2n) is 7.42. The Hall–Kier alpha value is -3.74. The first-order valence-corrected chi connectivity index (χ1v) is 10.8. The summed E-state index contributed by atoms with van der Waals surface area (Å²) < 4.78 is 3.19. The van der Waals surface area contributed by atoms with Gasteiger partial charge in [0.1, 0.15) is 5.01 Å². The zero-order valence-corrected chi connectivity index (χ0v) is 17.3. The van der Waals surface area contributed by atoms with Crippen molar-refractivity contribution < 1.29 is 5.11 Å². The van der Waals surface area contributed by atoms with Gasteiger partial charge in [0.2, 0.25) is 0 Å². The number of thiazole rings is 1. The Labute approximate surface area is 182 Å². The van der Waals surface area contributed by atoms with Crippen LogP contribution in [0.1, 0.15) is 5.56 Å². The van der Waals surface area contributed by atoms with Crippen LogP contribution < -0.4 is 0 Å². The van der Waals surface area contributed by atoms with Crippen molar-refractivity contribution in [3.8, 4) is 27.5 Å². The van der Waals surface area contributed by atoms with Crippen LogP contribution in [0.25, 0.3) is 48.6 Å². The van der Waals surface area contributed by atoms with Gasteiger partial charge in [0, 0.05) is 33.9 Å². The highest BCUT2D eigenvalue weighted by molar-refractivity contribution is 7.21. The predicted octanol–water partition coefficient (Wildman–Crippen LogP) is 5.79. The van der Waals surface area contributed by atoms with Crippen LogP contribution in [0.2, 0.25) is 0 Å². The van der Waals surface area contributed by atoms with Gasteiger partial charge in [-0.3, -0.25) is 4.57 Å². The fourth-order valence-corrected chi connectivity index (χ4v) is 4.97. The van der Waals surface area contributed by atoms with E-state index in [9.17, 15) is 5.11 Å². The van der Waals surface area contributed by atoms with Crippen molar-refractivity contribution in [3.05, 3.63) is 91.0 Å². The first-order chi connectivity index (χ1) is 15.3. The Morgan fingerprint density at radius 1 is 1.00 bits per heavy atom. The molecule has 150 valence electrons. The number of benzene rings is 3. The molecule has 0 atom stereocenters. The molecule has 0 bridgehead atoms. The molecule has 0 aliphatic carbocycles. The summed E-state index contributed by atoms with van der Waals surface area (Å²) in [4.78, 5) is 12.5. The quantitative estimate of drug-likeness (QED) is 0.378. The highest BCUT2D eigenvalue weighted by Crippen LogP contribution is 2.33. The fraction of sp³-hybridized carbons (Fsp3) is 0.0400. The SMILES string of the molecule is OCc1ccc2nc(-c3ccc(-n4cncc4-c4c[nH]c5ccccc45)cc3)sc2c1. The fourth-order valence-electron chi connectivity index (χ4n) is 3.94. The lowest BCUT2D eigenvalue weighted by atomic mass is 10.1. The molecule has 0 spiro atoms. The number of imidazole rings is 1. The number of aliphatic hydroxyl groups excluding tert-OH is 1. The Morgan fingerprint density at radius 3 is 2.74 bits per heavy atom. The summed E-state index contributed by atoms with van der Waals surface area (Å²) >= 11 is 1.64. The number of hydrogen-bond donors (Lipinski definition) is 2. The van der Waals surface area contributed by atoms with Crippen LogP contribution in [0.4, 0.5) is 0 Å². The third kappa shape index (κ3) is 3.04. The van der Waals surface area contributed by atoms with Gasteiger partial charge in [-0.25, -0.2) is 9.97 Å². The molecule has 0 amide bonds. The van der Waals surface area contributed by atoms with Crippen LogP contribution in [0, 0.1) is 0 Å². The van der Waals surface area contributed by atoms with Gasteiger partial charge in [0.15, 0.2) is 0 Å². The van der Waals surface area contributed by atoms with E-state index in [0.29, 0.717) is 0 Å². The van der Waals surface area contributed by atoms with Crippen molar-refractivity contribution in [2.45, 2.75) is 6.61 Å². The van der Waals surface area contributed by atoms with Crippen LogP contribution in [0.5, 0.6) is 0 Å². The van der Waals surface area contributed by atoms with Crippen molar-refractivity contribution >= 4 is 32.5 Å². The van der Waals surface area contributed by atoms with E-state index in [1.807, 2.05) is 43.0 Å². The maximum absolute atomic E-state index is 9.37. The molecule has 3 heterocycles. The van der Waals surface area contributed by atoms with Gasteiger partial charge >= 0.3 is 0 Å². The van der Waals surface area contributed by atoms with E-state index in [2.05, 4.69) is 57.0 Å². The average molecular weight is 423 g/mol. The number of aromatic amines is 1. The van der Waals surface area contributed by atoms with Crippen molar-refractivity contribution in [1.29, 1.82) is 0 Å². The van der Waals surface area contributed by atoms with Crippen molar-refractivity contribution in [2.75, 3.05) is 0 Å². The summed E-state index contributed by atoms with van der Waals surface area (Å²) in [7, 11) is 0.